The van der Waals surface area contributed by atoms with Gasteiger partial charge in [-0.2, -0.15) is 5.10 Å². The summed E-state index contributed by atoms with van der Waals surface area (Å²) in [4.78, 5) is 25.4. The Morgan fingerprint density at radius 1 is 1.07 bits per heavy atom. The van der Waals surface area contributed by atoms with E-state index in [1.54, 1.807) is 62.4 Å². The Morgan fingerprint density at radius 3 is 2.63 bits per heavy atom. The standard InChI is InChI=1S/C30H27BrCl2N4O5S/c1-3-40-29(39)27-17(2)35-30(43)36-28(27)21-6-4-5-7-25(21)42-16-26(38)37-34-14-19-13-20(31)9-11-24(19)41-15-18-8-10-22(32)23(33)12-18/h4-14,28H,3,15-16H2,1-2H3,(H,37,38)(H2,35,36,43)/t28-/m0/s1. The van der Waals surface area contributed by atoms with Crippen molar-refractivity contribution in [3.05, 3.63) is 103 Å². The lowest BCUT2D eigenvalue weighted by atomic mass is 9.95. The molecule has 13 heteroatoms. The Labute approximate surface area is 272 Å². The number of hydrogen-bond donors (Lipinski definition) is 3. The highest BCUT2D eigenvalue weighted by molar-refractivity contribution is 9.10. The number of hydrogen-bond acceptors (Lipinski definition) is 7. The number of benzene rings is 3. The fraction of sp³-hybridized carbons (Fsp3) is 0.200. The summed E-state index contributed by atoms with van der Waals surface area (Å²) in [6.07, 6.45) is 1.47. The minimum Gasteiger partial charge on any atom is -0.488 e. The SMILES string of the molecule is CCOC(=O)C1=C(C)NC(=S)N[C@H]1c1ccccc1OCC(=O)NN=Cc1cc(Br)ccc1OCc1ccc(Cl)c(Cl)c1. The molecule has 0 saturated carbocycles. The first-order chi connectivity index (χ1) is 20.7. The number of ether oxygens (including phenoxy) is 3. The summed E-state index contributed by atoms with van der Waals surface area (Å²) in [5.74, 6) is -0.0401. The highest BCUT2D eigenvalue weighted by Gasteiger charge is 2.32. The van der Waals surface area contributed by atoms with E-state index in [9.17, 15) is 9.59 Å². The molecule has 0 bridgehead atoms. The zero-order valence-electron chi connectivity index (χ0n) is 23.1. The topological polar surface area (TPSA) is 110 Å². The normalized spacial score (nSPS) is 14.6. The van der Waals surface area contributed by atoms with E-state index < -0.39 is 17.9 Å². The van der Waals surface area contributed by atoms with Crippen molar-refractivity contribution in [2.75, 3.05) is 13.2 Å². The number of hydrazone groups is 1. The van der Waals surface area contributed by atoms with Gasteiger partial charge >= 0.3 is 5.97 Å². The van der Waals surface area contributed by atoms with E-state index in [1.807, 2.05) is 12.1 Å². The van der Waals surface area contributed by atoms with Crippen molar-refractivity contribution in [3.8, 4) is 11.5 Å². The van der Waals surface area contributed by atoms with E-state index in [1.165, 1.54) is 6.21 Å². The first-order valence-electron chi connectivity index (χ1n) is 13.0. The number of allylic oxidation sites excluding steroid dienone is 1. The van der Waals surface area contributed by atoms with Gasteiger partial charge in [0.25, 0.3) is 5.91 Å². The first kappa shape index (κ1) is 32.3. The summed E-state index contributed by atoms with van der Waals surface area (Å²) >= 11 is 20.9. The van der Waals surface area contributed by atoms with Gasteiger partial charge in [-0.05, 0) is 68.0 Å². The Bertz CT molecular complexity index is 1600. The summed E-state index contributed by atoms with van der Waals surface area (Å²) in [5, 5.41) is 11.4. The van der Waals surface area contributed by atoms with Crippen molar-refractivity contribution >= 4 is 74.6 Å². The number of thiocarbonyl (C=S) groups is 1. The zero-order valence-corrected chi connectivity index (χ0v) is 27.0. The molecule has 1 aliphatic rings. The summed E-state index contributed by atoms with van der Waals surface area (Å²) in [5.41, 5.74) is 5.49. The number of esters is 1. The molecule has 3 aromatic carbocycles. The van der Waals surface area contributed by atoms with E-state index in [2.05, 4.69) is 37.1 Å². The van der Waals surface area contributed by atoms with Gasteiger partial charge in [-0.25, -0.2) is 10.2 Å². The van der Waals surface area contributed by atoms with E-state index in [0.717, 1.165) is 10.0 Å². The van der Waals surface area contributed by atoms with Crippen LogP contribution in [0.5, 0.6) is 11.5 Å². The van der Waals surface area contributed by atoms with Gasteiger partial charge in [-0.15, -0.1) is 0 Å². The summed E-state index contributed by atoms with van der Waals surface area (Å²) in [7, 11) is 0. The molecule has 0 unspecified atom stereocenters. The molecule has 0 saturated heterocycles. The first-order valence-corrected chi connectivity index (χ1v) is 15.0. The van der Waals surface area contributed by atoms with Crippen LogP contribution < -0.4 is 25.5 Å². The molecule has 0 radical (unpaired) electrons. The smallest absolute Gasteiger partial charge is 0.338 e. The minimum absolute atomic E-state index is 0.219. The highest BCUT2D eigenvalue weighted by Crippen LogP contribution is 2.33. The van der Waals surface area contributed by atoms with Crippen LogP contribution in [-0.2, 0) is 20.9 Å². The third-order valence-electron chi connectivity index (χ3n) is 6.10. The predicted octanol–water partition coefficient (Wildman–Crippen LogP) is 6.22. The van der Waals surface area contributed by atoms with Crippen LogP contribution in [0, 0.1) is 0 Å². The molecule has 0 aliphatic carbocycles. The van der Waals surface area contributed by atoms with Gasteiger partial charge in [-0.1, -0.05) is 63.4 Å². The number of carbonyl (C=O) groups is 2. The van der Waals surface area contributed by atoms with E-state index in [0.29, 0.717) is 49.1 Å². The van der Waals surface area contributed by atoms with Crippen LogP contribution in [0.25, 0.3) is 0 Å². The lowest BCUT2D eigenvalue weighted by Gasteiger charge is -2.30. The average Bonchev–Trinajstić information content (AvgIpc) is 2.97. The molecule has 0 aromatic heterocycles. The summed E-state index contributed by atoms with van der Waals surface area (Å²) in [6.45, 7) is 3.62. The number of amides is 1. The molecule has 3 N–H and O–H groups in total. The lowest BCUT2D eigenvalue weighted by molar-refractivity contribution is -0.139. The number of nitrogens with one attached hydrogen (secondary N) is 3. The second kappa shape index (κ2) is 15.2. The fourth-order valence-electron chi connectivity index (χ4n) is 4.15. The Balaban J connectivity index is 1.41. The van der Waals surface area contributed by atoms with Gasteiger partial charge in [0.15, 0.2) is 11.7 Å². The third kappa shape index (κ3) is 8.70. The van der Waals surface area contributed by atoms with Crippen LogP contribution in [0.4, 0.5) is 0 Å². The van der Waals surface area contributed by atoms with Crippen molar-refractivity contribution in [2.24, 2.45) is 5.10 Å². The largest absolute Gasteiger partial charge is 0.488 e. The van der Waals surface area contributed by atoms with Crippen LogP contribution in [0.2, 0.25) is 10.0 Å². The van der Waals surface area contributed by atoms with Crippen molar-refractivity contribution in [3.63, 3.8) is 0 Å². The maximum Gasteiger partial charge on any atom is 0.338 e. The van der Waals surface area contributed by atoms with Crippen LogP contribution in [0.15, 0.2) is 81.5 Å². The van der Waals surface area contributed by atoms with E-state index in [-0.39, 0.29) is 19.8 Å². The van der Waals surface area contributed by atoms with Crippen molar-refractivity contribution in [2.45, 2.75) is 26.5 Å². The zero-order chi connectivity index (χ0) is 30.9. The third-order valence-corrected chi connectivity index (χ3v) is 7.55. The second-order valence-electron chi connectivity index (χ2n) is 9.13. The van der Waals surface area contributed by atoms with Gasteiger partial charge < -0.3 is 24.8 Å². The molecular formula is C30H27BrCl2N4O5S. The Morgan fingerprint density at radius 2 is 1.86 bits per heavy atom. The van der Waals surface area contributed by atoms with Gasteiger partial charge in [0.2, 0.25) is 0 Å². The molecule has 1 heterocycles. The van der Waals surface area contributed by atoms with Gasteiger partial charge in [0.1, 0.15) is 18.1 Å². The molecule has 4 rings (SSSR count). The predicted molar refractivity (Wildman–Crippen MR) is 174 cm³/mol. The van der Waals surface area contributed by atoms with E-state index in [4.69, 9.17) is 49.6 Å². The maximum atomic E-state index is 12.7. The van der Waals surface area contributed by atoms with Crippen LogP contribution in [0.1, 0.15) is 36.6 Å². The van der Waals surface area contributed by atoms with E-state index >= 15 is 0 Å². The number of halogens is 3. The molecule has 1 aliphatic heterocycles. The lowest BCUT2D eigenvalue weighted by Crippen LogP contribution is -2.45. The van der Waals surface area contributed by atoms with Crippen LogP contribution in [0.3, 0.4) is 0 Å². The Hall–Kier alpha value is -3.64. The number of para-hydroxylation sites is 1. The molecule has 1 atom stereocenters. The van der Waals surface area contributed by atoms with Crippen LogP contribution in [-0.4, -0.2) is 36.4 Å². The van der Waals surface area contributed by atoms with Crippen molar-refractivity contribution < 1.29 is 23.8 Å². The molecule has 3 aromatic rings. The molecule has 1 amide bonds. The van der Waals surface area contributed by atoms with Gasteiger partial charge in [0, 0.05) is 21.3 Å². The Kier molecular flexibility index (Phi) is 11.4. The van der Waals surface area contributed by atoms with Gasteiger partial charge in [0.05, 0.1) is 34.5 Å². The quantitative estimate of drug-likeness (QED) is 0.0934. The highest BCUT2D eigenvalue weighted by atomic mass is 79.9. The van der Waals surface area contributed by atoms with Crippen LogP contribution >= 0.6 is 51.3 Å². The molecular weight excluding hydrogens is 679 g/mol. The average molecular weight is 706 g/mol. The number of nitrogens with zero attached hydrogens (tertiary/aromatic N) is 1. The second-order valence-corrected chi connectivity index (χ2v) is 11.3. The number of carbonyl (C=O) groups excluding carboxylic acids is 2. The molecule has 9 nitrogen and oxygen atoms in total. The molecule has 0 fully saturated rings. The minimum atomic E-state index is -0.635. The monoisotopic (exact) mass is 704 g/mol. The van der Waals surface area contributed by atoms with Crippen molar-refractivity contribution in [1.29, 1.82) is 0 Å². The summed E-state index contributed by atoms with van der Waals surface area (Å²) in [6, 6.07) is 17.1. The molecule has 43 heavy (non-hydrogen) atoms. The van der Waals surface area contributed by atoms with Crippen molar-refractivity contribution in [1.82, 2.24) is 16.1 Å². The summed E-state index contributed by atoms with van der Waals surface area (Å²) < 4.78 is 17.9. The van der Waals surface area contributed by atoms with Gasteiger partial charge in [-0.3, -0.25) is 4.79 Å². The molecule has 224 valence electrons. The molecule has 0 spiro atoms. The maximum absolute atomic E-state index is 12.7. The fourth-order valence-corrected chi connectivity index (χ4v) is 5.12. The number of rotatable bonds is 11.